The number of carbonyl (C=O) groups excluding carboxylic acids is 2. The molecule has 0 aliphatic rings. The number of benzene rings is 2. The van der Waals surface area contributed by atoms with E-state index in [-0.39, 0.29) is 31.4 Å². The van der Waals surface area contributed by atoms with Crippen molar-refractivity contribution in [1.82, 2.24) is 0 Å². The molecule has 2 rings (SSSR count). The first-order valence-electron chi connectivity index (χ1n) is 10.4. The minimum absolute atomic E-state index is 0.136. The molecule has 0 spiro atoms. The van der Waals surface area contributed by atoms with Crippen molar-refractivity contribution in [2.45, 2.75) is 19.8 Å². The highest BCUT2D eigenvalue weighted by atomic mass is 16.6. The summed E-state index contributed by atoms with van der Waals surface area (Å²) in [5.41, 5.74) is 4.04. The number of ether oxygens (including phenoxy) is 4. The fourth-order valence-electron chi connectivity index (χ4n) is 2.80. The maximum atomic E-state index is 11.6. The molecule has 0 atom stereocenters. The molecule has 0 saturated heterocycles. The van der Waals surface area contributed by atoms with E-state index in [0.29, 0.717) is 17.9 Å². The van der Waals surface area contributed by atoms with Crippen LogP contribution in [0.4, 0.5) is 0 Å². The molecule has 2 aromatic rings. The van der Waals surface area contributed by atoms with Gasteiger partial charge in [0.05, 0.1) is 18.8 Å². The molecule has 0 amide bonds. The summed E-state index contributed by atoms with van der Waals surface area (Å²) in [6.45, 7) is 9.72. The zero-order valence-electron chi connectivity index (χ0n) is 18.7. The third-order valence-corrected chi connectivity index (χ3v) is 4.53. The predicted molar refractivity (Wildman–Crippen MR) is 123 cm³/mol. The molecule has 0 aliphatic heterocycles. The second-order valence-electron chi connectivity index (χ2n) is 7.26. The van der Waals surface area contributed by atoms with Gasteiger partial charge in [0.1, 0.15) is 19.0 Å². The topological polar surface area (TPSA) is 71.1 Å². The molecule has 6 heteroatoms. The Hall–Kier alpha value is -3.38. The largest absolute Gasteiger partial charge is 0.490 e. The van der Waals surface area contributed by atoms with Crippen LogP contribution >= 0.6 is 0 Å². The van der Waals surface area contributed by atoms with Crippen LogP contribution in [-0.4, -0.2) is 45.5 Å². The van der Waals surface area contributed by atoms with E-state index in [1.54, 1.807) is 6.92 Å². The number of hydrogen-bond donors (Lipinski definition) is 0. The summed E-state index contributed by atoms with van der Waals surface area (Å²) in [6, 6.07) is 16.0. The molecule has 32 heavy (non-hydrogen) atoms. The molecule has 0 bridgehead atoms. The van der Waals surface area contributed by atoms with Gasteiger partial charge in [0, 0.05) is 12.7 Å². The van der Waals surface area contributed by atoms with Crippen molar-refractivity contribution in [2.24, 2.45) is 0 Å². The minimum atomic E-state index is -0.484. The Bertz CT molecular complexity index is 912. The lowest BCUT2D eigenvalue weighted by Gasteiger charge is -2.09. The van der Waals surface area contributed by atoms with Gasteiger partial charge >= 0.3 is 11.9 Å². The molecule has 170 valence electrons. The zero-order chi connectivity index (χ0) is 23.3. The average molecular weight is 439 g/mol. The second kappa shape index (κ2) is 13.1. The summed E-state index contributed by atoms with van der Waals surface area (Å²) in [4.78, 5) is 23.0. The van der Waals surface area contributed by atoms with Crippen molar-refractivity contribution in [3.8, 4) is 16.9 Å². The van der Waals surface area contributed by atoms with E-state index in [4.69, 9.17) is 18.9 Å². The van der Waals surface area contributed by atoms with E-state index in [1.807, 2.05) is 24.3 Å². The molecular formula is C26H30O6. The maximum Gasteiger partial charge on any atom is 0.335 e. The number of rotatable bonds is 13. The number of aryl methyl sites for hydroxylation is 1. The Labute approximate surface area is 189 Å². The van der Waals surface area contributed by atoms with E-state index >= 15 is 0 Å². The van der Waals surface area contributed by atoms with Crippen molar-refractivity contribution in [2.75, 3.05) is 33.5 Å². The Morgan fingerprint density at radius 2 is 1.41 bits per heavy atom. The predicted octanol–water partition coefficient (Wildman–Crippen LogP) is 4.53. The fourth-order valence-corrected chi connectivity index (χ4v) is 2.80. The highest BCUT2D eigenvalue weighted by molar-refractivity contribution is 5.88. The van der Waals surface area contributed by atoms with Crippen LogP contribution in [0.25, 0.3) is 11.1 Å². The minimum Gasteiger partial charge on any atom is -0.490 e. The van der Waals surface area contributed by atoms with Crippen molar-refractivity contribution < 1.29 is 28.5 Å². The highest BCUT2D eigenvalue weighted by Crippen LogP contribution is 2.23. The summed E-state index contributed by atoms with van der Waals surface area (Å²) in [5, 5.41) is 0. The van der Waals surface area contributed by atoms with Crippen LogP contribution < -0.4 is 4.74 Å². The molecule has 0 saturated carbocycles. The van der Waals surface area contributed by atoms with E-state index in [1.165, 1.54) is 12.7 Å². The molecule has 0 unspecified atom stereocenters. The SMILES string of the molecule is C=C(C)C(=O)OCCCc1ccc(-c2ccc(OCCOC(=O)C(=C)COC)cc2)cc1. The van der Waals surface area contributed by atoms with Gasteiger partial charge in [0.25, 0.3) is 0 Å². The van der Waals surface area contributed by atoms with Crippen LogP contribution in [-0.2, 0) is 30.2 Å². The summed E-state index contributed by atoms with van der Waals surface area (Å²) in [5.74, 6) is -0.134. The monoisotopic (exact) mass is 438 g/mol. The summed E-state index contributed by atoms with van der Waals surface area (Å²) < 4.78 is 20.6. The average Bonchev–Trinajstić information content (AvgIpc) is 2.80. The lowest BCUT2D eigenvalue weighted by molar-refractivity contribution is -0.140. The Morgan fingerprint density at radius 1 is 0.812 bits per heavy atom. The first kappa shape index (κ1) is 24.9. The van der Waals surface area contributed by atoms with Crippen LogP contribution in [0.3, 0.4) is 0 Å². The summed E-state index contributed by atoms with van der Waals surface area (Å²) >= 11 is 0. The number of hydrogen-bond acceptors (Lipinski definition) is 6. The van der Waals surface area contributed by atoms with E-state index in [0.717, 1.165) is 24.0 Å². The molecule has 2 aromatic carbocycles. The first-order valence-corrected chi connectivity index (χ1v) is 10.4. The normalized spacial score (nSPS) is 10.3. The van der Waals surface area contributed by atoms with Crippen LogP contribution in [0.1, 0.15) is 18.9 Å². The number of carbonyl (C=O) groups is 2. The molecule has 0 heterocycles. The van der Waals surface area contributed by atoms with Crippen molar-refractivity contribution >= 4 is 11.9 Å². The molecule has 0 aromatic heterocycles. The zero-order valence-corrected chi connectivity index (χ0v) is 18.7. The molecule has 0 fully saturated rings. The number of methoxy groups -OCH3 is 1. The van der Waals surface area contributed by atoms with Gasteiger partial charge < -0.3 is 18.9 Å². The molecule has 0 N–H and O–H groups in total. The van der Waals surface area contributed by atoms with Gasteiger partial charge in [-0.2, -0.15) is 0 Å². The van der Waals surface area contributed by atoms with Gasteiger partial charge in [-0.1, -0.05) is 49.6 Å². The third-order valence-electron chi connectivity index (χ3n) is 4.53. The molecular weight excluding hydrogens is 408 g/mol. The Kier molecular flexibility index (Phi) is 10.2. The van der Waals surface area contributed by atoms with Gasteiger partial charge in [-0.25, -0.2) is 9.59 Å². The second-order valence-corrected chi connectivity index (χ2v) is 7.26. The van der Waals surface area contributed by atoms with Crippen LogP contribution in [0.2, 0.25) is 0 Å². The van der Waals surface area contributed by atoms with Crippen molar-refractivity contribution in [1.29, 1.82) is 0 Å². The fraction of sp³-hybridized carbons (Fsp3) is 0.308. The first-order chi connectivity index (χ1) is 15.4. The Balaban J connectivity index is 1.75. The van der Waals surface area contributed by atoms with Crippen LogP contribution in [0, 0.1) is 0 Å². The lowest BCUT2D eigenvalue weighted by atomic mass is 10.0. The number of esters is 2. The third kappa shape index (κ3) is 8.40. The van der Waals surface area contributed by atoms with Gasteiger partial charge in [-0.3, -0.25) is 0 Å². The lowest BCUT2D eigenvalue weighted by Crippen LogP contribution is -2.15. The van der Waals surface area contributed by atoms with Crippen molar-refractivity contribution in [3.05, 3.63) is 78.4 Å². The molecule has 0 radical (unpaired) electrons. The van der Waals surface area contributed by atoms with E-state index in [9.17, 15) is 9.59 Å². The van der Waals surface area contributed by atoms with Crippen LogP contribution in [0.15, 0.2) is 72.8 Å². The quantitative estimate of drug-likeness (QED) is 0.260. The highest BCUT2D eigenvalue weighted by Gasteiger charge is 2.08. The van der Waals surface area contributed by atoms with E-state index in [2.05, 4.69) is 37.4 Å². The van der Waals surface area contributed by atoms with E-state index < -0.39 is 5.97 Å². The van der Waals surface area contributed by atoms with Crippen LogP contribution in [0.5, 0.6) is 5.75 Å². The summed E-state index contributed by atoms with van der Waals surface area (Å²) in [7, 11) is 1.49. The summed E-state index contributed by atoms with van der Waals surface area (Å²) in [6.07, 6.45) is 1.60. The molecule has 6 nitrogen and oxygen atoms in total. The van der Waals surface area contributed by atoms with Gasteiger partial charge in [-0.05, 0) is 48.6 Å². The van der Waals surface area contributed by atoms with Gasteiger partial charge in [0.15, 0.2) is 0 Å². The smallest absolute Gasteiger partial charge is 0.335 e. The van der Waals surface area contributed by atoms with Gasteiger partial charge in [-0.15, -0.1) is 0 Å². The van der Waals surface area contributed by atoms with Gasteiger partial charge in [0.2, 0.25) is 0 Å². The molecule has 0 aliphatic carbocycles. The Morgan fingerprint density at radius 3 is 2.00 bits per heavy atom. The standard InChI is InChI=1S/C26H30O6/c1-19(2)25(27)31-15-5-6-21-7-9-22(10-8-21)23-11-13-24(14-12-23)30-16-17-32-26(28)20(3)18-29-4/h7-14H,1,3,5-6,15-18H2,2,4H3. The van der Waals surface area contributed by atoms with Crippen molar-refractivity contribution in [3.63, 3.8) is 0 Å². The maximum absolute atomic E-state index is 11.6.